The van der Waals surface area contributed by atoms with Crippen LogP contribution < -0.4 is 10.1 Å². The SMILES string of the molecule is CCNC(=NCc1ccccc1OCCN1CCOCC1)N1CCC(c2cnn(C)c2)C1.I. The van der Waals surface area contributed by atoms with Crippen molar-refractivity contribution >= 4 is 29.9 Å². The normalized spacial score (nSPS) is 19.4. The summed E-state index contributed by atoms with van der Waals surface area (Å²) < 4.78 is 13.4. The molecule has 0 amide bonds. The van der Waals surface area contributed by atoms with E-state index in [9.17, 15) is 0 Å². The van der Waals surface area contributed by atoms with E-state index < -0.39 is 0 Å². The first-order valence-corrected chi connectivity index (χ1v) is 11.8. The number of nitrogens with zero attached hydrogens (tertiary/aromatic N) is 5. The lowest BCUT2D eigenvalue weighted by atomic mass is 10.0. The Bertz CT molecular complexity index is 883. The zero-order chi connectivity index (χ0) is 22.2. The number of aliphatic imine (C=N–C) groups is 1. The van der Waals surface area contributed by atoms with Gasteiger partial charge in [0.15, 0.2) is 5.96 Å². The van der Waals surface area contributed by atoms with Gasteiger partial charge in [0.1, 0.15) is 12.4 Å². The van der Waals surface area contributed by atoms with Crippen LogP contribution in [0.15, 0.2) is 41.7 Å². The molecule has 0 bridgehead atoms. The molecule has 1 aromatic heterocycles. The molecule has 1 unspecified atom stereocenters. The average Bonchev–Trinajstić information content (AvgIpc) is 3.47. The molecule has 1 N–H and O–H groups in total. The standard InChI is InChI=1S/C24H36N6O2.HI/c1-3-25-24(30-9-8-21(19-30)22-17-27-28(2)18-22)26-16-20-6-4-5-7-23(20)32-15-12-29-10-13-31-14-11-29;/h4-7,17-18,21H,3,8-16,19H2,1-2H3,(H,25,26);1H. The maximum Gasteiger partial charge on any atom is 0.194 e. The molecule has 182 valence electrons. The van der Waals surface area contributed by atoms with Gasteiger partial charge < -0.3 is 19.7 Å². The molecule has 8 nitrogen and oxygen atoms in total. The summed E-state index contributed by atoms with van der Waals surface area (Å²) >= 11 is 0. The van der Waals surface area contributed by atoms with Crippen LogP contribution in [0.25, 0.3) is 0 Å². The molecule has 2 aromatic rings. The molecule has 0 spiro atoms. The lowest BCUT2D eigenvalue weighted by molar-refractivity contribution is 0.0322. The molecule has 33 heavy (non-hydrogen) atoms. The van der Waals surface area contributed by atoms with E-state index in [1.54, 1.807) is 0 Å². The highest BCUT2D eigenvalue weighted by molar-refractivity contribution is 14.0. The van der Waals surface area contributed by atoms with Crippen LogP contribution in [0.5, 0.6) is 5.75 Å². The molecule has 4 rings (SSSR count). The molecule has 1 aromatic carbocycles. The molecule has 0 radical (unpaired) electrons. The van der Waals surface area contributed by atoms with E-state index >= 15 is 0 Å². The number of benzene rings is 1. The predicted octanol–water partition coefficient (Wildman–Crippen LogP) is 2.70. The van der Waals surface area contributed by atoms with Crippen molar-refractivity contribution in [1.29, 1.82) is 0 Å². The summed E-state index contributed by atoms with van der Waals surface area (Å²) in [6, 6.07) is 8.24. The van der Waals surface area contributed by atoms with Crippen LogP contribution in [-0.4, -0.2) is 84.6 Å². The minimum absolute atomic E-state index is 0. The smallest absolute Gasteiger partial charge is 0.194 e. The number of halogens is 1. The number of likely N-dealkylation sites (tertiary alicyclic amines) is 1. The molecule has 0 aliphatic carbocycles. The molecule has 3 heterocycles. The van der Waals surface area contributed by atoms with Crippen LogP contribution in [-0.2, 0) is 18.3 Å². The van der Waals surface area contributed by atoms with E-state index in [4.69, 9.17) is 14.5 Å². The van der Waals surface area contributed by atoms with E-state index in [-0.39, 0.29) is 24.0 Å². The van der Waals surface area contributed by atoms with Crippen molar-refractivity contribution in [3.8, 4) is 5.75 Å². The largest absolute Gasteiger partial charge is 0.492 e. The summed E-state index contributed by atoms with van der Waals surface area (Å²) in [4.78, 5) is 9.71. The van der Waals surface area contributed by atoms with Crippen molar-refractivity contribution in [1.82, 2.24) is 24.9 Å². The minimum Gasteiger partial charge on any atom is -0.492 e. The number of rotatable bonds is 8. The highest BCUT2D eigenvalue weighted by atomic mass is 127. The van der Waals surface area contributed by atoms with E-state index in [2.05, 4.69) is 45.5 Å². The quantitative estimate of drug-likeness (QED) is 0.300. The van der Waals surface area contributed by atoms with Gasteiger partial charge in [-0.1, -0.05) is 18.2 Å². The number of para-hydroxylation sites is 1. The van der Waals surface area contributed by atoms with Gasteiger partial charge in [-0.25, -0.2) is 4.99 Å². The van der Waals surface area contributed by atoms with Gasteiger partial charge in [0.2, 0.25) is 0 Å². The Morgan fingerprint density at radius 1 is 1.24 bits per heavy atom. The van der Waals surface area contributed by atoms with Gasteiger partial charge in [0.25, 0.3) is 0 Å². The molecule has 1 atom stereocenters. The molecule has 2 aliphatic heterocycles. The minimum atomic E-state index is 0. The topological polar surface area (TPSA) is 67.2 Å². The first kappa shape index (κ1) is 25.8. The summed E-state index contributed by atoms with van der Waals surface area (Å²) in [5.74, 6) is 2.40. The Hall–Kier alpha value is -1.85. The van der Waals surface area contributed by atoms with Crippen molar-refractivity contribution in [3.05, 3.63) is 47.8 Å². The molecular weight excluding hydrogens is 531 g/mol. The van der Waals surface area contributed by atoms with Gasteiger partial charge in [-0.15, -0.1) is 24.0 Å². The van der Waals surface area contributed by atoms with E-state index in [1.807, 2.05) is 30.1 Å². The molecule has 2 fully saturated rings. The highest BCUT2D eigenvalue weighted by Crippen LogP contribution is 2.27. The summed E-state index contributed by atoms with van der Waals surface area (Å²) in [6.07, 6.45) is 5.24. The second kappa shape index (κ2) is 13.1. The zero-order valence-electron chi connectivity index (χ0n) is 19.8. The number of nitrogens with one attached hydrogen (secondary N) is 1. The molecule has 2 saturated heterocycles. The summed E-state index contributed by atoms with van der Waals surface area (Å²) in [6.45, 7) is 10.7. The van der Waals surface area contributed by atoms with Crippen molar-refractivity contribution in [2.45, 2.75) is 25.8 Å². The van der Waals surface area contributed by atoms with Crippen LogP contribution in [0.3, 0.4) is 0 Å². The van der Waals surface area contributed by atoms with Crippen LogP contribution in [0.2, 0.25) is 0 Å². The van der Waals surface area contributed by atoms with E-state index in [0.717, 1.165) is 76.2 Å². The Morgan fingerprint density at radius 3 is 2.82 bits per heavy atom. The average molecular weight is 569 g/mol. The van der Waals surface area contributed by atoms with Gasteiger partial charge in [-0.3, -0.25) is 9.58 Å². The third-order valence-corrected chi connectivity index (χ3v) is 6.16. The maximum atomic E-state index is 6.14. The van der Waals surface area contributed by atoms with E-state index in [0.29, 0.717) is 19.1 Å². The van der Waals surface area contributed by atoms with Gasteiger partial charge in [0.05, 0.1) is 26.0 Å². The van der Waals surface area contributed by atoms with Crippen molar-refractivity contribution in [3.63, 3.8) is 0 Å². The number of morpholine rings is 1. The third-order valence-electron chi connectivity index (χ3n) is 6.16. The Labute approximate surface area is 214 Å². The van der Waals surface area contributed by atoms with Gasteiger partial charge in [0, 0.05) is 64.0 Å². The van der Waals surface area contributed by atoms with Crippen LogP contribution in [0, 0.1) is 0 Å². The number of aromatic nitrogens is 2. The van der Waals surface area contributed by atoms with Gasteiger partial charge in [-0.05, 0) is 25.0 Å². The molecule has 9 heteroatoms. The first-order chi connectivity index (χ1) is 15.7. The lowest BCUT2D eigenvalue weighted by Crippen LogP contribution is -2.40. The van der Waals surface area contributed by atoms with Crippen molar-refractivity contribution < 1.29 is 9.47 Å². The summed E-state index contributed by atoms with van der Waals surface area (Å²) in [5.41, 5.74) is 2.43. The zero-order valence-corrected chi connectivity index (χ0v) is 22.1. The Balaban J connectivity index is 0.00000306. The number of guanidine groups is 1. The second-order valence-electron chi connectivity index (χ2n) is 8.46. The van der Waals surface area contributed by atoms with Crippen molar-refractivity contribution in [2.75, 3.05) is 59.1 Å². The summed E-state index contributed by atoms with van der Waals surface area (Å²) in [5, 5.41) is 7.81. The van der Waals surface area contributed by atoms with E-state index in [1.165, 1.54) is 5.56 Å². The number of hydrogen-bond acceptors (Lipinski definition) is 5. The molecule has 2 aliphatic rings. The van der Waals surface area contributed by atoms with Crippen LogP contribution >= 0.6 is 24.0 Å². The Morgan fingerprint density at radius 2 is 2.06 bits per heavy atom. The Kier molecular flexibility index (Phi) is 10.3. The summed E-state index contributed by atoms with van der Waals surface area (Å²) in [7, 11) is 1.97. The third kappa shape index (κ3) is 7.31. The fourth-order valence-corrected chi connectivity index (χ4v) is 4.35. The fourth-order valence-electron chi connectivity index (χ4n) is 4.35. The molecule has 0 saturated carbocycles. The maximum absolute atomic E-state index is 6.14. The van der Waals surface area contributed by atoms with Crippen molar-refractivity contribution in [2.24, 2.45) is 12.0 Å². The number of aryl methyl sites for hydroxylation is 1. The highest BCUT2D eigenvalue weighted by Gasteiger charge is 2.27. The second-order valence-corrected chi connectivity index (χ2v) is 8.46. The van der Waals surface area contributed by atoms with Gasteiger partial charge >= 0.3 is 0 Å². The fraction of sp³-hybridized carbons (Fsp3) is 0.583. The van der Waals surface area contributed by atoms with Crippen LogP contribution in [0.4, 0.5) is 0 Å². The number of hydrogen-bond donors (Lipinski definition) is 1. The first-order valence-electron chi connectivity index (χ1n) is 11.8. The molecular formula is C24H37IN6O2. The predicted molar refractivity (Wildman–Crippen MR) is 142 cm³/mol. The monoisotopic (exact) mass is 568 g/mol. The lowest BCUT2D eigenvalue weighted by Gasteiger charge is -2.26. The van der Waals surface area contributed by atoms with Crippen LogP contribution in [0.1, 0.15) is 30.4 Å². The number of ether oxygens (including phenoxy) is 2. The van der Waals surface area contributed by atoms with Gasteiger partial charge in [-0.2, -0.15) is 5.10 Å².